The van der Waals surface area contributed by atoms with Gasteiger partial charge < -0.3 is 4.74 Å². The van der Waals surface area contributed by atoms with E-state index >= 15 is 0 Å². The third-order valence-corrected chi connectivity index (χ3v) is 3.51. The van der Waals surface area contributed by atoms with Crippen LogP contribution in [0.15, 0.2) is 53.6 Å². The highest BCUT2D eigenvalue weighted by Crippen LogP contribution is 2.39. The molecule has 3 rings (SSSR count). The summed E-state index contributed by atoms with van der Waals surface area (Å²) in [5.41, 5.74) is 5.09. The van der Waals surface area contributed by atoms with E-state index in [0.717, 1.165) is 24.8 Å². The van der Waals surface area contributed by atoms with Crippen LogP contribution >= 0.6 is 0 Å². The number of allylic oxidation sites excluding steroid dienone is 6. The van der Waals surface area contributed by atoms with Gasteiger partial charge in [0.1, 0.15) is 5.75 Å². The van der Waals surface area contributed by atoms with Gasteiger partial charge in [0, 0.05) is 0 Å². The molecule has 0 aliphatic heterocycles. The number of benzene rings is 1. The van der Waals surface area contributed by atoms with Crippen LogP contribution in [-0.2, 0) is 0 Å². The van der Waals surface area contributed by atoms with Gasteiger partial charge in [-0.15, -0.1) is 0 Å². The topological polar surface area (TPSA) is 9.23 Å². The SMILES string of the molecule is FC(F)Oc1ccc(C2=CCC3=C2CCC=C3)cc1. The first-order chi connectivity index (χ1) is 9.24. The Morgan fingerprint density at radius 3 is 2.63 bits per heavy atom. The normalized spacial score (nSPS) is 17.7. The fourth-order valence-electron chi connectivity index (χ4n) is 2.66. The Bertz CT molecular complexity index is 565. The van der Waals surface area contributed by atoms with Gasteiger partial charge in [-0.05, 0) is 53.7 Å². The highest BCUT2D eigenvalue weighted by molar-refractivity contribution is 5.84. The first-order valence-electron chi connectivity index (χ1n) is 6.38. The molecule has 0 saturated heterocycles. The molecule has 0 N–H and O–H groups in total. The number of rotatable bonds is 3. The molecule has 3 heteroatoms. The third-order valence-electron chi connectivity index (χ3n) is 3.51. The lowest BCUT2D eigenvalue weighted by atomic mass is 9.92. The molecule has 0 radical (unpaired) electrons. The maximum absolute atomic E-state index is 12.1. The highest BCUT2D eigenvalue weighted by Gasteiger charge is 2.19. The predicted octanol–water partition coefficient (Wildman–Crippen LogP) is 4.72. The molecule has 0 bridgehead atoms. The summed E-state index contributed by atoms with van der Waals surface area (Å²) >= 11 is 0. The minimum Gasteiger partial charge on any atom is -0.435 e. The van der Waals surface area contributed by atoms with E-state index in [9.17, 15) is 8.78 Å². The second kappa shape index (κ2) is 5.00. The van der Waals surface area contributed by atoms with E-state index in [4.69, 9.17) is 0 Å². The maximum Gasteiger partial charge on any atom is 0.387 e. The monoisotopic (exact) mass is 260 g/mol. The summed E-state index contributed by atoms with van der Waals surface area (Å²) < 4.78 is 28.6. The minimum absolute atomic E-state index is 0.204. The lowest BCUT2D eigenvalue weighted by Crippen LogP contribution is -2.01. The Morgan fingerprint density at radius 1 is 1.11 bits per heavy atom. The van der Waals surface area contributed by atoms with Gasteiger partial charge in [0.05, 0.1) is 0 Å². The molecule has 2 aliphatic rings. The highest BCUT2D eigenvalue weighted by atomic mass is 19.3. The predicted molar refractivity (Wildman–Crippen MR) is 71.1 cm³/mol. The lowest BCUT2D eigenvalue weighted by molar-refractivity contribution is -0.0498. The first kappa shape index (κ1) is 12.2. The average Bonchev–Trinajstić information content (AvgIpc) is 2.83. The van der Waals surface area contributed by atoms with Crippen molar-refractivity contribution in [3.8, 4) is 5.75 Å². The van der Waals surface area contributed by atoms with E-state index in [1.165, 1.54) is 16.7 Å². The van der Waals surface area contributed by atoms with Crippen LogP contribution in [0.25, 0.3) is 5.57 Å². The first-order valence-corrected chi connectivity index (χ1v) is 6.38. The van der Waals surface area contributed by atoms with Crippen LogP contribution in [0, 0.1) is 0 Å². The third kappa shape index (κ3) is 2.46. The van der Waals surface area contributed by atoms with Crippen LogP contribution in [-0.4, -0.2) is 6.61 Å². The van der Waals surface area contributed by atoms with Crippen LogP contribution in [0.2, 0.25) is 0 Å². The molecule has 1 aromatic carbocycles. The summed E-state index contributed by atoms with van der Waals surface area (Å²) in [7, 11) is 0. The molecular formula is C16H14F2O. The van der Waals surface area contributed by atoms with Crippen molar-refractivity contribution in [3.05, 3.63) is 59.2 Å². The van der Waals surface area contributed by atoms with E-state index in [-0.39, 0.29) is 5.75 Å². The zero-order valence-corrected chi connectivity index (χ0v) is 10.4. The largest absolute Gasteiger partial charge is 0.435 e. The molecule has 1 nitrogen and oxygen atoms in total. The molecular weight excluding hydrogens is 246 g/mol. The fraction of sp³-hybridized carbons (Fsp3) is 0.250. The van der Waals surface area contributed by atoms with E-state index in [1.54, 1.807) is 12.1 Å². The summed E-state index contributed by atoms with van der Waals surface area (Å²) in [6.07, 6.45) is 9.71. The molecule has 0 unspecified atom stereocenters. The van der Waals surface area contributed by atoms with Crippen molar-refractivity contribution in [2.24, 2.45) is 0 Å². The fourth-order valence-corrected chi connectivity index (χ4v) is 2.66. The molecule has 0 spiro atoms. The molecule has 0 saturated carbocycles. The van der Waals surface area contributed by atoms with Gasteiger partial charge in [-0.25, -0.2) is 0 Å². The molecule has 0 aromatic heterocycles. The van der Waals surface area contributed by atoms with Crippen molar-refractivity contribution >= 4 is 5.57 Å². The Morgan fingerprint density at radius 2 is 1.89 bits per heavy atom. The molecule has 98 valence electrons. The van der Waals surface area contributed by atoms with Crippen LogP contribution in [0.4, 0.5) is 8.78 Å². The minimum atomic E-state index is -2.77. The molecule has 0 fully saturated rings. The van der Waals surface area contributed by atoms with Gasteiger partial charge in [0.25, 0.3) is 0 Å². The zero-order chi connectivity index (χ0) is 13.2. The standard InChI is InChI=1S/C16H14F2O/c17-16(18)19-13-8-5-12(6-9-13)15-10-7-11-3-1-2-4-14(11)15/h1,3,5-6,8-10,16H,2,4,7H2. The van der Waals surface area contributed by atoms with Gasteiger partial charge in [-0.1, -0.05) is 30.4 Å². The van der Waals surface area contributed by atoms with Gasteiger partial charge in [-0.2, -0.15) is 8.78 Å². The molecule has 19 heavy (non-hydrogen) atoms. The molecule has 2 aliphatic carbocycles. The second-order valence-corrected chi connectivity index (χ2v) is 4.67. The quantitative estimate of drug-likeness (QED) is 0.764. The van der Waals surface area contributed by atoms with Gasteiger partial charge in [0.2, 0.25) is 0 Å². The van der Waals surface area contributed by atoms with E-state index < -0.39 is 6.61 Å². The number of ether oxygens (including phenoxy) is 1. The van der Waals surface area contributed by atoms with Crippen LogP contribution in [0.3, 0.4) is 0 Å². The summed E-state index contributed by atoms with van der Waals surface area (Å²) in [5.74, 6) is 0.204. The number of halogens is 2. The molecule has 0 amide bonds. The van der Waals surface area contributed by atoms with Crippen molar-refractivity contribution in [2.45, 2.75) is 25.9 Å². The zero-order valence-electron chi connectivity index (χ0n) is 10.4. The van der Waals surface area contributed by atoms with E-state index in [2.05, 4.69) is 23.0 Å². The van der Waals surface area contributed by atoms with Gasteiger partial charge in [0.15, 0.2) is 0 Å². The summed E-state index contributed by atoms with van der Waals surface area (Å²) in [5, 5.41) is 0. The maximum atomic E-state index is 12.1. The summed E-state index contributed by atoms with van der Waals surface area (Å²) in [4.78, 5) is 0. The van der Waals surface area contributed by atoms with Gasteiger partial charge in [-0.3, -0.25) is 0 Å². The molecule has 0 heterocycles. The average molecular weight is 260 g/mol. The number of hydrogen-bond acceptors (Lipinski definition) is 1. The smallest absolute Gasteiger partial charge is 0.387 e. The van der Waals surface area contributed by atoms with Crippen molar-refractivity contribution in [2.75, 3.05) is 0 Å². The van der Waals surface area contributed by atoms with Crippen molar-refractivity contribution in [3.63, 3.8) is 0 Å². The molecule has 1 aromatic rings. The Hall–Kier alpha value is -1.90. The van der Waals surface area contributed by atoms with Crippen LogP contribution < -0.4 is 4.74 Å². The van der Waals surface area contributed by atoms with Crippen molar-refractivity contribution in [1.29, 1.82) is 0 Å². The van der Waals surface area contributed by atoms with E-state index in [0.29, 0.717) is 0 Å². The number of hydrogen-bond donors (Lipinski definition) is 0. The Balaban J connectivity index is 1.83. The Kier molecular flexibility index (Phi) is 3.20. The summed E-state index contributed by atoms with van der Waals surface area (Å²) in [6.45, 7) is -2.77. The Labute approximate surface area is 110 Å². The second-order valence-electron chi connectivity index (χ2n) is 4.67. The van der Waals surface area contributed by atoms with Crippen LogP contribution in [0.5, 0.6) is 5.75 Å². The van der Waals surface area contributed by atoms with Gasteiger partial charge >= 0.3 is 6.61 Å². The van der Waals surface area contributed by atoms with Crippen molar-refractivity contribution < 1.29 is 13.5 Å². The van der Waals surface area contributed by atoms with E-state index in [1.807, 2.05) is 12.1 Å². The van der Waals surface area contributed by atoms with Crippen LogP contribution in [0.1, 0.15) is 24.8 Å². The lowest BCUT2D eigenvalue weighted by Gasteiger charge is -2.13. The summed E-state index contributed by atoms with van der Waals surface area (Å²) in [6, 6.07) is 6.88. The number of alkyl halides is 2. The molecule has 0 atom stereocenters. The van der Waals surface area contributed by atoms with Crippen molar-refractivity contribution in [1.82, 2.24) is 0 Å².